The molecule has 0 radical (unpaired) electrons. The molecule has 0 saturated heterocycles. The lowest BCUT2D eigenvalue weighted by molar-refractivity contribution is -0.117. The molecule has 1 amide bonds. The van der Waals surface area contributed by atoms with Crippen LogP contribution in [0.25, 0.3) is 34.0 Å². The van der Waals surface area contributed by atoms with E-state index in [2.05, 4.69) is 40.6 Å². The van der Waals surface area contributed by atoms with Crippen molar-refractivity contribution < 1.29 is 9.21 Å². The van der Waals surface area contributed by atoms with E-state index in [4.69, 9.17) is 10.2 Å². The SMILES string of the molecule is Cc1c(-c2ccccc2)cccc1-c1nnc(-c2ccc(CNCC(N)=O)cc2)o1.Cl. The Labute approximate surface area is 186 Å². The van der Waals surface area contributed by atoms with Crippen LogP contribution >= 0.6 is 12.4 Å². The monoisotopic (exact) mass is 434 g/mol. The summed E-state index contributed by atoms with van der Waals surface area (Å²) in [5.74, 6) is 0.579. The lowest BCUT2D eigenvalue weighted by Gasteiger charge is -2.09. The Morgan fingerprint density at radius 2 is 1.55 bits per heavy atom. The quantitative estimate of drug-likeness (QED) is 0.450. The van der Waals surface area contributed by atoms with Crippen molar-refractivity contribution in [2.24, 2.45) is 5.73 Å². The maximum atomic E-state index is 10.8. The largest absolute Gasteiger partial charge is 0.416 e. The van der Waals surface area contributed by atoms with Crippen LogP contribution in [0.4, 0.5) is 0 Å². The Bertz CT molecular complexity index is 1160. The number of nitrogens with two attached hydrogens (primary N) is 1. The zero-order valence-corrected chi connectivity index (χ0v) is 17.9. The summed E-state index contributed by atoms with van der Waals surface area (Å²) in [6.45, 7) is 2.77. The van der Waals surface area contributed by atoms with Crippen LogP contribution < -0.4 is 11.1 Å². The topological polar surface area (TPSA) is 94.0 Å². The molecular weight excluding hydrogens is 412 g/mol. The third-order valence-corrected chi connectivity index (χ3v) is 4.90. The molecule has 4 aromatic rings. The molecule has 3 aromatic carbocycles. The van der Waals surface area contributed by atoms with Gasteiger partial charge in [-0.3, -0.25) is 4.79 Å². The predicted molar refractivity (Wildman–Crippen MR) is 123 cm³/mol. The van der Waals surface area contributed by atoms with Gasteiger partial charge in [-0.15, -0.1) is 22.6 Å². The molecule has 4 rings (SSSR count). The highest BCUT2D eigenvalue weighted by Gasteiger charge is 2.15. The van der Waals surface area contributed by atoms with E-state index in [0.717, 1.165) is 33.4 Å². The Hall–Kier alpha value is -3.48. The second-order valence-corrected chi connectivity index (χ2v) is 7.02. The molecule has 158 valence electrons. The summed E-state index contributed by atoms with van der Waals surface area (Å²) < 4.78 is 5.98. The van der Waals surface area contributed by atoms with Crippen LogP contribution in [0.2, 0.25) is 0 Å². The molecule has 0 unspecified atom stereocenters. The van der Waals surface area contributed by atoms with E-state index in [0.29, 0.717) is 18.3 Å². The number of primary amides is 1. The number of aromatic nitrogens is 2. The first kappa shape index (κ1) is 22.2. The number of carbonyl (C=O) groups is 1. The third kappa shape index (κ3) is 5.17. The van der Waals surface area contributed by atoms with Gasteiger partial charge in [0, 0.05) is 17.7 Å². The van der Waals surface area contributed by atoms with E-state index in [1.165, 1.54) is 0 Å². The first-order chi connectivity index (χ1) is 14.6. The number of hydrogen-bond acceptors (Lipinski definition) is 5. The van der Waals surface area contributed by atoms with Gasteiger partial charge in [0.05, 0.1) is 6.54 Å². The van der Waals surface area contributed by atoms with E-state index < -0.39 is 0 Å². The van der Waals surface area contributed by atoms with Gasteiger partial charge < -0.3 is 15.5 Å². The van der Waals surface area contributed by atoms with Gasteiger partial charge in [-0.25, -0.2) is 0 Å². The van der Waals surface area contributed by atoms with Crippen LogP contribution in [-0.4, -0.2) is 22.6 Å². The summed E-state index contributed by atoms with van der Waals surface area (Å²) in [7, 11) is 0. The second-order valence-electron chi connectivity index (χ2n) is 7.02. The van der Waals surface area contributed by atoms with E-state index in [-0.39, 0.29) is 24.9 Å². The lowest BCUT2D eigenvalue weighted by atomic mass is 9.96. The van der Waals surface area contributed by atoms with Crippen LogP contribution in [0.1, 0.15) is 11.1 Å². The number of carbonyl (C=O) groups excluding carboxylic acids is 1. The maximum Gasteiger partial charge on any atom is 0.248 e. The highest BCUT2D eigenvalue weighted by Crippen LogP contribution is 2.32. The van der Waals surface area contributed by atoms with Crippen LogP contribution in [0.5, 0.6) is 0 Å². The molecule has 31 heavy (non-hydrogen) atoms. The summed E-state index contributed by atoms with van der Waals surface area (Å²) in [6.07, 6.45) is 0. The molecule has 0 aliphatic rings. The van der Waals surface area contributed by atoms with Gasteiger partial charge in [0.2, 0.25) is 17.7 Å². The fraction of sp³-hybridized carbons (Fsp3) is 0.125. The minimum Gasteiger partial charge on any atom is -0.416 e. The molecule has 0 atom stereocenters. The molecule has 0 spiro atoms. The Morgan fingerprint density at radius 3 is 2.26 bits per heavy atom. The average molecular weight is 435 g/mol. The standard InChI is InChI=1S/C24H22N4O2.ClH/c1-16-20(18-6-3-2-4-7-18)8-5-9-21(16)24-28-27-23(30-24)19-12-10-17(11-13-19)14-26-15-22(25)29;/h2-13,26H,14-15H2,1H3,(H2,25,29);1H. The summed E-state index contributed by atoms with van der Waals surface area (Å²) in [6, 6.07) is 24.1. The zero-order chi connectivity index (χ0) is 20.9. The number of hydrogen-bond donors (Lipinski definition) is 2. The number of halogens is 1. The van der Waals surface area contributed by atoms with E-state index in [1.54, 1.807) is 0 Å². The van der Waals surface area contributed by atoms with Gasteiger partial charge >= 0.3 is 0 Å². The molecule has 7 heteroatoms. The van der Waals surface area contributed by atoms with E-state index >= 15 is 0 Å². The van der Waals surface area contributed by atoms with Crippen LogP contribution in [0.3, 0.4) is 0 Å². The molecule has 0 aliphatic heterocycles. The molecule has 1 aromatic heterocycles. The van der Waals surface area contributed by atoms with Crippen molar-refractivity contribution in [1.29, 1.82) is 0 Å². The normalized spacial score (nSPS) is 10.5. The second kappa shape index (κ2) is 10.0. The van der Waals surface area contributed by atoms with Gasteiger partial charge in [0.25, 0.3) is 0 Å². The lowest BCUT2D eigenvalue weighted by Crippen LogP contribution is -2.28. The van der Waals surface area contributed by atoms with Gasteiger partial charge in [0.1, 0.15) is 0 Å². The summed E-state index contributed by atoms with van der Waals surface area (Å²) in [5.41, 5.74) is 11.3. The Balaban J connectivity index is 0.00000272. The Morgan fingerprint density at radius 1 is 0.871 bits per heavy atom. The van der Waals surface area contributed by atoms with Gasteiger partial charge in [-0.2, -0.15) is 0 Å². The van der Waals surface area contributed by atoms with Crippen molar-refractivity contribution in [1.82, 2.24) is 15.5 Å². The molecule has 1 heterocycles. The highest BCUT2D eigenvalue weighted by molar-refractivity contribution is 5.85. The van der Waals surface area contributed by atoms with Gasteiger partial charge in [-0.1, -0.05) is 54.6 Å². The number of nitrogens with one attached hydrogen (secondary N) is 1. The summed E-state index contributed by atoms with van der Waals surface area (Å²) in [4.78, 5) is 10.8. The summed E-state index contributed by atoms with van der Waals surface area (Å²) in [5, 5.41) is 11.5. The zero-order valence-electron chi connectivity index (χ0n) is 17.0. The smallest absolute Gasteiger partial charge is 0.248 e. The van der Waals surface area contributed by atoms with Gasteiger partial charge in [0.15, 0.2) is 0 Å². The predicted octanol–water partition coefficient (Wildman–Crippen LogP) is 4.38. The highest BCUT2D eigenvalue weighted by atomic mass is 35.5. The van der Waals surface area contributed by atoms with Gasteiger partial charge in [-0.05, 0) is 47.4 Å². The van der Waals surface area contributed by atoms with E-state index in [9.17, 15) is 4.79 Å². The molecule has 0 saturated carbocycles. The van der Waals surface area contributed by atoms with Crippen molar-refractivity contribution >= 4 is 18.3 Å². The first-order valence-corrected chi connectivity index (χ1v) is 9.69. The number of nitrogens with zero attached hydrogens (tertiary/aromatic N) is 2. The van der Waals surface area contributed by atoms with Crippen molar-refractivity contribution in [2.75, 3.05) is 6.54 Å². The molecule has 3 N–H and O–H groups in total. The number of benzene rings is 3. The van der Waals surface area contributed by atoms with Crippen LogP contribution in [0.15, 0.2) is 77.2 Å². The minimum atomic E-state index is -0.378. The fourth-order valence-electron chi connectivity index (χ4n) is 3.34. The minimum absolute atomic E-state index is 0. The van der Waals surface area contributed by atoms with Crippen molar-refractivity contribution in [3.63, 3.8) is 0 Å². The molecular formula is C24H23ClN4O2. The number of rotatable bonds is 7. The van der Waals surface area contributed by atoms with Crippen LogP contribution in [0, 0.1) is 6.92 Å². The van der Waals surface area contributed by atoms with Crippen molar-refractivity contribution in [3.05, 3.63) is 83.9 Å². The third-order valence-electron chi connectivity index (χ3n) is 4.90. The average Bonchev–Trinajstić information content (AvgIpc) is 3.25. The number of amides is 1. The molecule has 6 nitrogen and oxygen atoms in total. The Kier molecular flexibility index (Phi) is 7.18. The first-order valence-electron chi connectivity index (χ1n) is 9.69. The summed E-state index contributed by atoms with van der Waals surface area (Å²) >= 11 is 0. The fourth-order valence-corrected chi connectivity index (χ4v) is 3.34. The van der Waals surface area contributed by atoms with Crippen molar-refractivity contribution in [2.45, 2.75) is 13.5 Å². The van der Waals surface area contributed by atoms with Crippen LogP contribution in [-0.2, 0) is 11.3 Å². The maximum absolute atomic E-state index is 10.8. The molecule has 0 fully saturated rings. The van der Waals surface area contributed by atoms with E-state index in [1.807, 2.05) is 54.6 Å². The molecule has 0 aliphatic carbocycles. The van der Waals surface area contributed by atoms with Crippen molar-refractivity contribution in [3.8, 4) is 34.0 Å². The molecule has 0 bridgehead atoms.